The number of furan rings is 1. The number of piperazine rings is 1. The lowest BCUT2D eigenvalue weighted by Gasteiger charge is -2.26. The molecule has 2 aromatic heterocycles. The minimum atomic E-state index is -0.154. The van der Waals surface area contributed by atoms with E-state index < -0.39 is 0 Å². The lowest BCUT2D eigenvalue weighted by Crippen LogP contribution is -2.46. The molecule has 2 N–H and O–H groups in total. The van der Waals surface area contributed by atoms with Crippen LogP contribution < -0.4 is 10.6 Å². The molecule has 2 aromatic rings. The first-order valence-corrected chi connectivity index (χ1v) is 9.11. The van der Waals surface area contributed by atoms with Gasteiger partial charge < -0.3 is 19.6 Å². The molecule has 1 saturated heterocycles. The van der Waals surface area contributed by atoms with Gasteiger partial charge >= 0.3 is 0 Å². The Hall–Kier alpha value is -1.19. The van der Waals surface area contributed by atoms with Gasteiger partial charge in [-0.15, -0.1) is 24.8 Å². The molecule has 146 valence electrons. The van der Waals surface area contributed by atoms with Crippen molar-refractivity contribution in [2.24, 2.45) is 7.05 Å². The van der Waals surface area contributed by atoms with Crippen molar-refractivity contribution in [1.29, 1.82) is 0 Å². The molecular formula is C16H25Cl2N5O2S. The van der Waals surface area contributed by atoms with Crippen LogP contribution in [-0.4, -0.2) is 59.6 Å². The Morgan fingerprint density at radius 1 is 1.35 bits per heavy atom. The fraction of sp³-hybridized carbons (Fsp3) is 0.500. The number of amides is 1. The van der Waals surface area contributed by atoms with Gasteiger partial charge in [0.25, 0.3) is 5.91 Å². The van der Waals surface area contributed by atoms with Gasteiger partial charge in [-0.1, -0.05) is 11.8 Å². The van der Waals surface area contributed by atoms with Crippen molar-refractivity contribution in [3.8, 4) is 0 Å². The first-order chi connectivity index (χ1) is 11.7. The molecule has 3 heterocycles. The number of carbonyl (C=O) groups is 1. The van der Waals surface area contributed by atoms with Gasteiger partial charge in [-0.05, 0) is 12.1 Å². The third-order valence-electron chi connectivity index (χ3n) is 3.93. The van der Waals surface area contributed by atoms with Gasteiger partial charge in [0.2, 0.25) is 0 Å². The molecule has 0 bridgehead atoms. The molecule has 0 atom stereocenters. The largest absolute Gasteiger partial charge is 0.455 e. The van der Waals surface area contributed by atoms with Crippen molar-refractivity contribution < 1.29 is 9.21 Å². The first kappa shape index (κ1) is 22.9. The van der Waals surface area contributed by atoms with E-state index in [1.165, 1.54) is 0 Å². The topological polar surface area (TPSA) is 75.3 Å². The van der Waals surface area contributed by atoms with Gasteiger partial charge in [0.05, 0.1) is 5.75 Å². The van der Waals surface area contributed by atoms with E-state index in [-0.39, 0.29) is 30.7 Å². The van der Waals surface area contributed by atoms with E-state index in [0.29, 0.717) is 18.1 Å². The van der Waals surface area contributed by atoms with E-state index >= 15 is 0 Å². The third kappa shape index (κ3) is 6.51. The molecule has 26 heavy (non-hydrogen) atoms. The van der Waals surface area contributed by atoms with Crippen molar-refractivity contribution >= 4 is 42.5 Å². The quantitative estimate of drug-likeness (QED) is 0.663. The standard InChI is InChI=1S/C16H23N5O2S.2ClH/c1-20-8-6-19-16(20)24-12-13-2-3-14(23-13)15(22)18-7-11-21-9-4-17-5-10-21;;/h2-3,6,8,17H,4-5,7,9-12H2,1H3,(H,18,22);2*1H. The second kappa shape index (κ2) is 11.5. The molecule has 10 heteroatoms. The summed E-state index contributed by atoms with van der Waals surface area (Å²) in [6, 6.07) is 3.58. The molecule has 0 aromatic carbocycles. The summed E-state index contributed by atoms with van der Waals surface area (Å²) in [7, 11) is 1.95. The van der Waals surface area contributed by atoms with Gasteiger partial charge in [0.15, 0.2) is 10.9 Å². The first-order valence-electron chi connectivity index (χ1n) is 8.12. The van der Waals surface area contributed by atoms with Crippen LogP contribution in [0.25, 0.3) is 0 Å². The van der Waals surface area contributed by atoms with Crippen LogP contribution in [0.5, 0.6) is 0 Å². The molecule has 0 aliphatic carbocycles. The number of carbonyl (C=O) groups excluding carboxylic acids is 1. The van der Waals surface area contributed by atoms with E-state index in [0.717, 1.165) is 43.6 Å². The number of hydrogen-bond donors (Lipinski definition) is 2. The summed E-state index contributed by atoms with van der Waals surface area (Å²) < 4.78 is 7.59. The Labute approximate surface area is 170 Å². The average Bonchev–Trinajstić information content (AvgIpc) is 3.23. The van der Waals surface area contributed by atoms with Gasteiger partial charge in [-0.3, -0.25) is 9.69 Å². The fourth-order valence-corrected chi connectivity index (χ4v) is 3.38. The molecule has 7 nitrogen and oxygen atoms in total. The number of aryl methyl sites for hydroxylation is 1. The number of imidazole rings is 1. The van der Waals surface area contributed by atoms with Crippen LogP contribution >= 0.6 is 36.6 Å². The Bertz CT molecular complexity index is 673. The molecule has 0 unspecified atom stereocenters. The summed E-state index contributed by atoms with van der Waals surface area (Å²) >= 11 is 1.58. The summed E-state index contributed by atoms with van der Waals surface area (Å²) in [5.41, 5.74) is 0. The van der Waals surface area contributed by atoms with Crippen LogP contribution in [-0.2, 0) is 12.8 Å². The minimum Gasteiger partial charge on any atom is -0.455 e. The van der Waals surface area contributed by atoms with Gasteiger partial charge in [-0.2, -0.15) is 0 Å². The van der Waals surface area contributed by atoms with Crippen LogP contribution in [0.15, 0.2) is 34.1 Å². The maximum atomic E-state index is 12.1. The highest BCUT2D eigenvalue weighted by atomic mass is 35.5. The summed E-state index contributed by atoms with van der Waals surface area (Å²) in [5, 5.41) is 7.16. The van der Waals surface area contributed by atoms with E-state index in [1.807, 2.05) is 23.9 Å². The zero-order valence-electron chi connectivity index (χ0n) is 14.6. The van der Waals surface area contributed by atoms with Crippen molar-refractivity contribution in [2.45, 2.75) is 10.9 Å². The third-order valence-corrected chi connectivity index (χ3v) is 5.01. The smallest absolute Gasteiger partial charge is 0.287 e. The van der Waals surface area contributed by atoms with E-state index in [4.69, 9.17) is 4.42 Å². The second-order valence-electron chi connectivity index (χ2n) is 5.72. The highest BCUT2D eigenvalue weighted by molar-refractivity contribution is 7.98. The number of hydrogen-bond acceptors (Lipinski definition) is 6. The predicted molar refractivity (Wildman–Crippen MR) is 108 cm³/mol. The number of aromatic nitrogens is 2. The number of thioether (sulfide) groups is 1. The van der Waals surface area contributed by atoms with Crippen molar-refractivity contribution in [3.63, 3.8) is 0 Å². The number of nitrogens with zero attached hydrogens (tertiary/aromatic N) is 3. The normalized spacial score (nSPS) is 14.3. The summed E-state index contributed by atoms with van der Waals surface area (Å²) in [4.78, 5) is 18.7. The number of nitrogens with one attached hydrogen (secondary N) is 2. The highest BCUT2D eigenvalue weighted by Crippen LogP contribution is 2.21. The van der Waals surface area contributed by atoms with Crippen molar-refractivity contribution in [3.05, 3.63) is 36.0 Å². The molecule has 0 radical (unpaired) electrons. The molecule has 0 saturated carbocycles. The second-order valence-corrected chi connectivity index (χ2v) is 6.67. The van der Waals surface area contributed by atoms with Crippen LogP contribution in [0.1, 0.15) is 16.3 Å². The predicted octanol–water partition coefficient (Wildman–Crippen LogP) is 1.78. The van der Waals surface area contributed by atoms with Crippen LogP contribution in [0.3, 0.4) is 0 Å². The summed E-state index contributed by atoms with van der Waals surface area (Å²) in [5.74, 6) is 1.64. The maximum Gasteiger partial charge on any atom is 0.287 e. The summed E-state index contributed by atoms with van der Waals surface area (Å²) in [6.07, 6.45) is 3.67. The zero-order valence-corrected chi connectivity index (χ0v) is 17.1. The van der Waals surface area contributed by atoms with E-state index in [1.54, 1.807) is 24.0 Å². The van der Waals surface area contributed by atoms with Gasteiger partial charge in [-0.25, -0.2) is 4.98 Å². The van der Waals surface area contributed by atoms with E-state index in [2.05, 4.69) is 20.5 Å². The number of rotatable bonds is 7. The minimum absolute atomic E-state index is 0. The Morgan fingerprint density at radius 2 is 2.12 bits per heavy atom. The average molecular weight is 422 g/mol. The van der Waals surface area contributed by atoms with Crippen molar-refractivity contribution in [2.75, 3.05) is 39.3 Å². The lowest BCUT2D eigenvalue weighted by molar-refractivity contribution is 0.0918. The van der Waals surface area contributed by atoms with Gasteiger partial charge in [0.1, 0.15) is 5.76 Å². The molecule has 0 spiro atoms. The maximum absolute atomic E-state index is 12.1. The van der Waals surface area contributed by atoms with E-state index in [9.17, 15) is 4.79 Å². The SMILES string of the molecule is Cl.Cl.Cn1ccnc1SCc1ccc(C(=O)NCCN2CCNCC2)o1. The Morgan fingerprint density at radius 3 is 2.81 bits per heavy atom. The van der Waals surface area contributed by atoms with Crippen LogP contribution in [0, 0.1) is 0 Å². The van der Waals surface area contributed by atoms with Gasteiger partial charge in [0, 0.05) is 58.7 Å². The van der Waals surface area contributed by atoms with Crippen LogP contribution in [0.2, 0.25) is 0 Å². The lowest BCUT2D eigenvalue weighted by atomic mass is 10.3. The molecule has 1 aliphatic rings. The highest BCUT2D eigenvalue weighted by Gasteiger charge is 2.13. The number of halogens is 2. The Balaban J connectivity index is 0.00000169. The molecule has 1 fully saturated rings. The molecule has 3 rings (SSSR count). The van der Waals surface area contributed by atoms with Crippen LogP contribution in [0.4, 0.5) is 0 Å². The molecule has 1 aliphatic heterocycles. The zero-order chi connectivity index (χ0) is 16.8. The summed E-state index contributed by atoms with van der Waals surface area (Å²) in [6.45, 7) is 5.61. The molecule has 1 amide bonds. The Kier molecular flexibility index (Phi) is 10.1. The van der Waals surface area contributed by atoms with Crippen molar-refractivity contribution in [1.82, 2.24) is 25.1 Å². The fourth-order valence-electron chi connectivity index (χ4n) is 2.55. The molecular weight excluding hydrogens is 397 g/mol. The monoisotopic (exact) mass is 421 g/mol.